The second-order valence-corrected chi connectivity index (χ2v) is 5.82. The monoisotopic (exact) mass is 349 g/mol. The van der Waals surface area contributed by atoms with Gasteiger partial charge in [0, 0.05) is 10.5 Å². The van der Waals surface area contributed by atoms with Crippen LogP contribution in [-0.2, 0) is 6.42 Å². The average Bonchev–Trinajstić information content (AvgIpc) is 2.50. The quantitative estimate of drug-likeness (QED) is 0.826. The van der Waals surface area contributed by atoms with E-state index < -0.39 is 0 Å². The lowest BCUT2D eigenvalue weighted by molar-refractivity contribution is 0.296. The van der Waals surface area contributed by atoms with E-state index in [1.807, 2.05) is 36.4 Å². The van der Waals surface area contributed by atoms with Gasteiger partial charge in [-0.2, -0.15) is 0 Å². The number of hydrogen-bond donors (Lipinski definition) is 1. The van der Waals surface area contributed by atoms with Crippen molar-refractivity contribution in [2.75, 3.05) is 13.7 Å². The highest BCUT2D eigenvalue weighted by Crippen LogP contribution is 2.17. The molecule has 0 bridgehead atoms. The maximum absolute atomic E-state index is 6.14. The lowest BCUT2D eigenvalue weighted by atomic mass is 10.0. The van der Waals surface area contributed by atoms with Gasteiger partial charge in [-0.05, 0) is 54.8 Å². The molecule has 0 radical (unpaired) electrons. The molecule has 0 fully saturated rings. The van der Waals surface area contributed by atoms with Gasteiger partial charge in [-0.3, -0.25) is 0 Å². The van der Waals surface area contributed by atoms with Crippen LogP contribution in [0.4, 0.5) is 0 Å². The van der Waals surface area contributed by atoms with E-state index in [1.165, 1.54) is 5.56 Å². The number of hydrogen-bond acceptors (Lipinski definition) is 3. The van der Waals surface area contributed by atoms with Crippen molar-refractivity contribution in [2.45, 2.75) is 18.9 Å². The predicted molar refractivity (Wildman–Crippen MR) is 88.9 cm³/mol. The number of methoxy groups -OCH3 is 1. The molecule has 0 aliphatic heterocycles. The Labute approximate surface area is 134 Å². The fraction of sp³-hybridized carbons (Fsp3) is 0.294. The summed E-state index contributed by atoms with van der Waals surface area (Å²) in [4.78, 5) is 0. The molecular weight excluding hydrogens is 330 g/mol. The molecule has 3 nitrogen and oxygen atoms in total. The van der Waals surface area contributed by atoms with Crippen LogP contribution in [0.3, 0.4) is 0 Å². The van der Waals surface area contributed by atoms with E-state index in [2.05, 4.69) is 28.1 Å². The highest BCUT2D eigenvalue weighted by molar-refractivity contribution is 9.10. The maximum atomic E-state index is 6.14. The zero-order valence-corrected chi connectivity index (χ0v) is 13.7. The van der Waals surface area contributed by atoms with E-state index >= 15 is 0 Å². The van der Waals surface area contributed by atoms with Gasteiger partial charge in [-0.1, -0.05) is 28.1 Å². The molecule has 2 aromatic rings. The predicted octanol–water partition coefficient (Wildman–Crippen LogP) is 3.80. The third kappa shape index (κ3) is 5.40. The van der Waals surface area contributed by atoms with Crippen molar-refractivity contribution in [2.24, 2.45) is 5.73 Å². The number of nitrogens with two attached hydrogens (primary N) is 1. The second-order valence-electron chi connectivity index (χ2n) is 4.90. The molecule has 2 aromatic carbocycles. The second kappa shape index (κ2) is 8.05. The molecule has 21 heavy (non-hydrogen) atoms. The standard InChI is InChI=1S/C17H20BrNO2/c1-20-16-6-8-17(9-7-16)21-11-10-15(19)12-13-2-4-14(18)5-3-13/h2-9,15H,10-12,19H2,1H3. The molecule has 0 spiro atoms. The van der Waals surface area contributed by atoms with Crippen molar-refractivity contribution in [3.8, 4) is 11.5 Å². The van der Waals surface area contributed by atoms with Crippen LogP contribution in [-0.4, -0.2) is 19.8 Å². The summed E-state index contributed by atoms with van der Waals surface area (Å²) < 4.78 is 11.9. The molecule has 112 valence electrons. The highest BCUT2D eigenvalue weighted by atomic mass is 79.9. The summed E-state index contributed by atoms with van der Waals surface area (Å²) in [7, 11) is 1.65. The summed E-state index contributed by atoms with van der Waals surface area (Å²) in [6, 6.07) is 15.9. The Kier molecular flexibility index (Phi) is 6.08. The molecule has 0 amide bonds. The van der Waals surface area contributed by atoms with Crippen molar-refractivity contribution in [1.29, 1.82) is 0 Å². The van der Waals surface area contributed by atoms with E-state index in [4.69, 9.17) is 15.2 Å². The Hall–Kier alpha value is -1.52. The summed E-state index contributed by atoms with van der Waals surface area (Å²) in [5.74, 6) is 1.67. The van der Waals surface area contributed by atoms with Crippen LogP contribution < -0.4 is 15.2 Å². The third-order valence-electron chi connectivity index (χ3n) is 3.23. The van der Waals surface area contributed by atoms with Gasteiger partial charge >= 0.3 is 0 Å². The van der Waals surface area contributed by atoms with Crippen LogP contribution in [0.5, 0.6) is 11.5 Å². The molecule has 0 saturated heterocycles. The number of halogens is 1. The summed E-state index contributed by atoms with van der Waals surface area (Å²) in [6.45, 7) is 0.615. The zero-order chi connectivity index (χ0) is 15.1. The SMILES string of the molecule is COc1ccc(OCCC(N)Cc2ccc(Br)cc2)cc1. The van der Waals surface area contributed by atoms with E-state index in [9.17, 15) is 0 Å². The smallest absolute Gasteiger partial charge is 0.119 e. The van der Waals surface area contributed by atoms with Gasteiger partial charge in [0.25, 0.3) is 0 Å². The topological polar surface area (TPSA) is 44.5 Å². The Morgan fingerprint density at radius 1 is 1.00 bits per heavy atom. The lowest BCUT2D eigenvalue weighted by Crippen LogP contribution is -2.25. The van der Waals surface area contributed by atoms with Gasteiger partial charge < -0.3 is 15.2 Å². The number of rotatable bonds is 7. The molecule has 0 aliphatic carbocycles. The third-order valence-corrected chi connectivity index (χ3v) is 3.76. The van der Waals surface area contributed by atoms with E-state index in [-0.39, 0.29) is 6.04 Å². The van der Waals surface area contributed by atoms with Crippen molar-refractivity contribution >= 4 is 15.9 Å². The first-order chi connectivity index (χ1) is 10.2. The average molecular weight is 350 g/mol. The zero-order valence-electron chi connectivity index (χ0n) is 12.1. The van der Waals surface area contributed by atoms with E-state index in [0.29, 0.717) is 6.61 Å². The lowest BCUT2D eigenvalue weighted by Gasteiger charge is -2.13. The van der Waals surface area contributed by atoms with E-state index in [0.717, 1.165) is 28.8 Å². The van der Waals surface area contributed by atoms with Gasteiger partial charge in [-0.15, -0.1) is 0 Å². The van der Waals surface area contributed by atoms with Crippen molar-refractivity contribution < 1.29 is 9.47 Å². The first kappa shape index (κ1) is 15.9. The largest absolute Gasteiger partial charge is 0.497 e. The fourth-order valence-corrected chi connectivity index (χ4v) is 2.29. The van der Waals surface area contributed by atoms with Crippen LogP contribution in [0.15, 0.2) is 53.0 Å². The molecular formula is C17H20BrNO2. The Balaban J connectivity index is 1.73. The minimum atomic E-state index is 0.101. The van der Waals surface area contributed by atoms with E-state index in [1.54, 1.807) is 7.11 Å². The minimum Gasteiger partial charge on any atom is -0.497 e. The van der Waals surface area contributed by atoms with Crippen LogP contribution >= 0.6 is 15.9 Å². The normalized spacial score (nSPS) is 12.0. The number of ether oxygens (including phenoxy) is 2. The van der Waals surface area contributed by atoms with Crippen LogP contribution in [0.25, 0.3) is 0 Å². The van der Waals surface area contributed by atoms with Crippen LogP contribution in [0.2, 0.25) is 0 Å². The first-order valence-corrected chi connectivity index (χ1v) is 7.73. The van der Waals surface area contributed by atoms with Gasteiger partial charge in [0.2, 0.25) is 0 Å². The Morgan fingerprint density at radius 3 is 2.24 bits per heavy atom. The van der Waals surface area contributed by atoms with Crippen LogP contribution in [0, 0.1) is 0 Å². The molecule has 2 rings (SSSR count). The molecule has 0 aromatic heterocycles. The summed E-state index contributed by atoms with van der Waals surface area (Å²) in [6.07, 6.45) is 1.68. The number of benzene rings is 2. The van der Waals surface area contributed by atoms with Crippen molar-refractivity contribution in [3.05, 3.63) is 58.6 Å². The molecule has 0 heterocycles. The Bertz CT molecular complexity index is 540. The molecule has 1 unspecified atom stereocenters. The maximum Gasteiger partial charge on any atom is 0.119 e. The molecule has 1 atom stereocenters. The molecule has 2 N–H and O–H groups in total. The van der Waals surface area contributed by atoms with Crippen LogP contribution in [0.1, 0.15) is 12.0 Å². The Morgan fingerprint density at radius 2 is 1.62 bits per heavy atom. The highest BCUT2D eigenvalue weighted by Gasteiger charge is 2.05. The van der Waals surface area contributed by atoms with Gasteiger partial charge in [0.15, 0.2) is 0 Å². The summed E-state index contributed by atoms with van der Waals surface area (Å²) in [5, 5.41) is 0. The van der Waals surface area contributed by atoms with Crippen molar-refractivity contribution in [1.82, 2.24) is 0 Å². The fourth-order valence-electron chi connectivity index (χ4n) is 2.03. The first-order valence-electron chi connectivity index (χ1n) is 6.94. The summed E-state index contributed by atoms with van der Waals surface area (Å²) >= 11 is 3.43. The van der Waals surface area contributed by atoms with Gasteiger partial charge in [0.1, 0.15) is 11.5 Å². The minimum absolute atomic E-state index is 0.101. The van der Waals surface area contributed by atoms with Gasteiger partial charge in [0.05, 0.1) is 13.7 Å². The molecule has 0 aliphatic rings. The molecule has 0 saturated carbocycles. The summed E-state index contributed by atoms with van der Waals surface area (Å²) in [5.41, 5.74) is 7.39. The van der Waals surface area contributed by atoms with Gasteiger partial charge in [-0.25, -0.2) is 0 Å². The van der Waals surface area contributed by atoms with Crippen molar-refractivity contribution in [3.63, 3.8) is 0 Å². The molecule has 4 heteroatoms.